The van der Waals surface area contributed by atoms with Crippen molar-refractivity contribution >= 4 is 56.7 Å². The van der Waals surface area contributed by atoms with Crippen LogP contribution in [0.2, 0.25) is 5.02 Å². The van der Waals surface area contributed by atoms with Crippen molar-refractivity contribution in [2.24, 2.45) is 0 Å². The smallest absolute Gasteiger partial charge is 0.214 e. The Bertz CT molecular complexity index is 1340. The number of rotatable bonds is 1. The van der Waals surface area contributed by atoms with Gasteiger partial charge in [0.15, 0.2) is 0 Å². The van der Waals surface area contributed by atoms with Gasteiger partial charge in [-0.25, -0.2) is 4.98 Å². The van der Waals surface area contributed by atoms with Crippen molar-refractivity contribution in [3.63, 3.8) is 0 Å². The largest absolute Gasteiger partial charge is 0.251 e. The lowest BCUT2D eigenvalue weighted by molar-refractivity contribution is 0.766. The van der Waals surface area contributed by atoms with Crippen LogP contribution < -0.4 is 0 Å². The Morgan fingerprint density at radius 2 is 1.52 bits per heavy atom. The number of H-pyrrole nitrogens is 1. The molecule has 0 saturated carbocycles. The first-order chi connectivity index (χ1) is 12.2. The minimum atomic E-state index is 0.329. The maximum Gasteiger partial charge on any atom is 0.214 e. The van der Waals surface area contributed by atoms with Gasteiger partial charge in [0.1, 0.15) is 27.8 Å². The highest BCUT2D eigenvalue weighted by Gasteiger charge is 2.17. The molecule has 0 aliphatic heterocycles. The summed E-state index contributed by atoms with van der Waals surface area (Å²) in [5.74, 6) is 0. The van der Waals surface area contributed by atoms with E-state index in [2.05, 4.69) is 25.4 Å². The van der Waals surface area contributed by atoms with Crippen LogP contribution in [0.4, 0.5) is 0 Å². The number of hydrogen-bond acceptors (Lipinski definition) is 5. The highest BCUT2D eigenvalue weighted by molar-refractivity contribution is 7.71. The van der Waals surface area contributed by atoms with E-state index in [0.717, 1.165) is 16.3 Å². The third kappa shape index (κ3) is 2.13. The molecule has 0 fully saturated rings. The maximum absolute atomic E-state index is 6.29. The minimum Gasteiger partial charge on any atom is -0.251 e. The van der Waals surface area contributed by atoms with E-state index in [1.165, 1.54) is 4.80 Å². The molecule has 3 aromatic carbocycles. The molecule has 2 heterocycles. The van der Waals surface area contributed by atoms with Gasteiger partial charge in [0.25, 0.3) is 0 Å². The molecule has 1 N–H and O–H groups in total. The standard InChI is InChI=1S/C17H9ClN6S/c18-11-7-3-4-8-12(11)24-22-14-10-6-2-1-5-9(10)13-15(16(14)23-24)20-21-17(25)19-13/h1-8H,(H,19,21,25). The quantitative estimate of drug-likeness (QED) is 0.356. The molecule has 5 aromatic rings. The zero-order chi connectivity index (χ0) is 17.0. The molecule has 0 atom stereocenters. The molecule has 2 aromatic heterocycles. The van der Waals surface area contributed by atoms with Crippen LogP contribution in [0.1, 0.15) is 0 Å². The highest BCUT2D eigenvalue weighted by Crippen LogP contribution is 2.31. The van der Waals surface area contributed by atoms with Crippen LogP contribution in [0.25, 0.3) is 38.5 Å². The third-order valence-corrected chi connectivity index (χ3v) is 4.55. The maximum atomic E-state index is 6.29. The fraction of sp³-hybridized carbons (Fsp3) is 0. The van der Waals surface area contributed by atoms with E-state index in [9.17, 15) is 0 Å². The Balaban J connectivity index is 1.99. The predicted octanol–water partition coefficient (Wildman–Crippen LogP) is 4.23. The SMILES string of the molecule is S=c1nc2c3ccccc3c3nn(-c4ccccc4Cl)nc3c2n[nH]1. The van der Waals surface area contributed by atoms with E-state index in [-0.39, 0.29) is 0 Å². The normalized spacial score (nSPS) is 11.6. The second-order valence-corrected chi connectivity index (χ2v) is 6.32. The summed E-state index contributed by atoms with van der Waals surface area (Å²) in [6.45, 7) is 0. The van der Waals surface area contributed by atoms with Gasteiger partial charge < -0.3 is 0 Å². The number of halogens is 1. The fourth-order valence-corrected chi connectivity index (χ4v) is 3.30. The highest BCUT2D eigenvalue weighted by atomic mass is 35.5. The van der Waals surface area contributed by atoms with Crippen molar-refractivity contribution in [2.45, 2.75) is 0 Å². The molecular weight excluding hydrogens is 356 g/mol. The molecule has 5 rings (SSSR count). The van der Waals surface area contributed by atoms with Gasteiger partial charge in [-0.05, 0) is 24.4 Å². The number of para-hydroxylation sites is 1. The molecule has 0 aliphatic rings. The molecule has 0 spiro atoms. The second-order valence-electron chi connectivity index (χ2n) is 5.52. The summed E-state index contributed by atoms with van der Waals surface area (Å²) in [6, 6.07) is 15.3. The van der Waals surface area contributed by atoms with E-state index >= 15 is 0 Å². The first-order valence-electron chi connectivity index (χ1n) is 7.51. The Labute approximate surface area is 151 Å². The number of benzene rings is 3. The van der Waals surface area contributed by atoms with E-state index in [0.29, 0.717) is 32.0 Å². The van der Waals surface area contributed by atoms with Crippen LogP contribution in [0.3, 0.4) is 0 Å². The third-order valence-electron chi connectivity index (χ3n) is 4.04. The number of aromatic amines is 1. The lowest BCUT2D eigenvalue weighted by Gasteiger charge is -2.02. The second kappa shape index (κ2) is 5.30. The molecule has 0 bridgehead atoms. The molecule has 120 valence electrons. The average molecular weight is 365 g/mol. The van der Waals surface area contributed by atoms with Crippen LogP contribution >= 0.6 is 23.8 Å². The number of hydrogen-bond donors (Lipinski definition) is 1. The van der Waals surface area contributed by atoms with Crippen LogP contribution in [0, 0.1) is 4.77 Å². The van der Waals surface area contributed by atoms with Crippen LogP contribution in [0.5, 0.6) is 0 Å². The first-order valence-corrected chi connectivity index (χ1v) is 8.30. The Kier molecular flexibility index (Phi) is 3.06. The van der Waals surface area contributed by atoms with Gasteiger partial charge in [-0.2, -0.15) is 5.10 Å². The van der Waals surface area contributed by atoms with Crippen molar-refractivity contribution < 1.29 is 0 Å². The summed E-state index contributed by atoms with van der Waals surface area (Å²) in [7, 11) is 0. The van der Waals surface area contributed by atoms with Crippen molar-refractivity contribution in [1.29, 1.82) is 0 Å². The zero-order valence-electron chi connectivity index (χ0n) is 12.6. The molecule has 0 radical (unpaired) electrons. The number of aromatic nitrogens is 6. The molecule has 0 aliphatic carbocycles. The summed E-state index contributed by atoms with van der Waals surface area (Å²) in [4.78, 5) is 5.98. The van der Waals surface area contributed by atoms with Crippen molar-refractivity contribution in [3.8, 4) is 5.69 Å². The van der Waals surface area contributed by atoms with Crippen molar-refractivity contribution in [3.05, 3.63) is 58.3 Å². The Morgan fingerprint density at radius 1 is 0.840 bits per heavy atom. The number of nitrogens with zero attached hydrogens (tertiary/aromatic N) is 5. The summed E-state index contributed by atoms with van der Waals surface area (Å²) < 4.78 is 0.329. The van der Waals surface area contributed by atoms with E-state index in [1.54, 1.807) is 6.07 Å². The minimum absolute atomic E-state index is 0.329. The molecule has 8 heteroatoms. The van der Waals surface area contributed by atoms with E-state index in [1.807, 2.05) is 42.5 Å². The van der Waals surface area contributed by atoms with E-state index < -0.39 is 0 Å². The van der Waals surface area contributed by atoms with Crippen LogP contribution in [-0.2, 0) is 0 Å². The monoisotopic (exact) mass is 364 g/mol. The topological polar surface area (TPSA) is 72.3 Å². The van der Waals surface area contributed by atoms with Crippen LogP contribution in [-0.4, -0.2) is 30.2 Å². The summed E-state index contributed by atoms with van der Waals surface area (Å²) in [6.07, 6.45) is 0. The van der Waals surface area contributed by atoms with Crippen molar-refractivity contribution in [2.75, 3.05) is 0 Å². The molecule has 0 unspecified atom stereocenters. The first kappa shape index (κ1) is 14.4. The van der Waals surface area contributed by atoms with E-state index in [4.69, 9.17) is 23.8 Å². The zero-order valence-corrected chi connectivity index (χ0v) is 14.2. The average Bonchev–Trinajstić information content (AvgIpc) is 3.07. The van der Waals surface area contributed by atoms with Gasteiger partial charge in [0, 0.05) is 10.8 Å². The Morgan fingerprint density at radius 3 is 2.32 bits per heavy atom. The van der Waals surface area contributed by atoms with Gasteiger partial charge in [-0.15, -0.1) is 15.0 Å². The predicted molar refractivity (Wildman–Crippen MR) is 99.7 cm³/mol. The lowest BCUT2D eigenvalue weighted by atomic mass is 10.1. The van der Waals surface area contributed by atoms with Gasteiger partial charge in [0.2, 0.25) is 4.77 Å². The molecule has 0 amide bonds. The number of nitrogens with one attached hydrogen (secondary N) is 1. The van der Waals surface area contributed by atoms with Crippen molar-refractivity contribution in [1.82, 2.24) is 30.2 Å². The molecular formula is C17H9ClN6S. The lowest BCUT2D eigenvalue weighted by Crippen LogP contribution is -1.99. The summed E-state index contributed by atoms with van der Waals surface area (Å²) >= 11 is 11.4. The Hall–Kier alpha value is -2.90. The van der Waals surface area contributed by atoms with Gasteiger partial charge in [-0.3, -0.25) is 5.10 Å². The van der Waals surface area contributed by atoms with Gasteiger partial charge in [0.05, 0.1) is 5.02 Å². The van der Waals surface area contributed by atoms with Gasteiger partial charge in [-0.1, -0.05) is 48.0 Å². The van der Waals surface area contributed by atoms with Crippen LogP contribution in [0.15, 0.2) is 48.5 Å². The molecule has 6 nitrogen and oxygen atoms in total. The number of fused-ring (bicyclic) bond motifs is 6. The summed E-state index contributed by atoms with van der Waals surface area (Å²) in [5.41, 5.74) is 3.42. The summed E-state index contributed by atoms with van der Waals surface area (Å²) in [5, 5.41) is 18.8. The van der Waals surface area contributed by atoms with Gasteiger partial charge >= 0.3 is 0 Å². The molecule has 0 saturated heterocycles. The fourth-order valence-electron chi connectivity index (χ4n) is 2.95. The molecule has 25 heavy (non-hydrogen) atoms.